The molecule has 0 saturated carbocycles. The second-order valence-corrected chi connectivity index (χ2v) is 6.16. The number of amides is 2. The maximum absolute atomic E-state index is 12.2. The molecule has 0 heterocycles. The van der Waals surface area contributed by atoms with Gasteiger partial charge in [0, 0.05) is 34.5 Å². The van der Waals surface area contributed by atoms with Crippen molar-refractivity contribution in [2.24, 2.45) is 0 Å². The number of halogens is 2. The highest BCUT2D eigenvalue weighted by atomic mass is 35.5. The van der Waals surface area contributed by atoms with Crippen molar-refractivity contribution in [3.8, 4) is 5.75 Å². The van der Waals surface area contributed by atoms with Gasteiger partial charge in [0.1, 0.15) is 5.75 Å². The van der Waals surface area contributed by atoms with Gasteiger partial charge in [-0.25, -0.2) is 0 Å². The Bertz CT molecular complexity index is 851. The second kappa shape index (κ2) is 9.27. The standard InChI is InChI=1S/C19H18Cl2N2O3/c1-3-17(24)22-14-5-4-6-15(11-14)23-18(25)8-7-12-9-13(20)10-16(21)19(12)26-2/h4-11H,3H2,1-2H3,(H,22,24)(H,23,25). The van der Waals surface area contributed by atoms with Gasteiger partial charge in [0.05, 0.1) is 12.1 Å². The third-order valence-corrected chi connectivity index (χ3v) is 3.89. The molecule has 0 aliphatic carbocycles. The Balaban J connectivity index is 2.11. The minimum absolute atomic E-state index is 0.0988. The Labute approximate surface area is 161 Å². The van der Waals surface area contributed by atoms with Gasteiger partial charge in [-0.3, -0.25) is 9.59 Å². The first kappa shape index (κ1) is 19.8. The van der Waals surface area contributed by atoms with Crippen LogP contribution < -0.4 is 15.4 Å². The molecule has 0 aliphatic rings. The van der Waals surface area contributed by atoms with Gasteiger partial charge < -0.3 is 15.4 Å². The fourth-order valence-electron chi connectivity index (χ4n) is 2.19. The lowest BCUT2D eigenvalue weighted by Crippen LogP contribution is -2.11. The Kier molecular flexibility index (Phi) is 7.06. The molecule has 2 aromatic carbocycles. The van der Waals surface area contributed by atoms with Crippen LogP contribution in [0.25, 0.3) is 6.08 Å². The molecule has 0 aromatic heterocycles. The number of carbonyl (C=O) groups is 2. The van der Waals surface area contributed by atoms with Gasteiger partial charge in [-0.1, -0.05) is 36.2 Å². The Morgan fingerprint density at radius 3 is 2.46 bits per heavy atom. The molecule has 0 fully saturated rings. The summed E-state index contributed by atoms with van der Waals surface area (Å²) in [4.78, 5) is 23.6. The molecular weight excluding hydrogens is 375 g/mol. The van der Waals surface area contributed by atoms with E-state index in [4.69, 9.17) is 27.9 Å². The van der Waals surface area contributed by atoms with E-state index in [2.05, 4.69) is 10.6 Å². The highest BCUT2D eigenvalue weighted by Gasteiger charge is 2.08. The summed E-state index contributed by atoms with van der Waals surface area (Å²) < 4.78 is 5.23. The lowest BCUT2D eigenvalue weighted by molar-refractivity contribution is -0.116. The summed E-state index contributed by atoms with van der Waals surface area (Å²) in [5.74, 6) is -0.00943. The fraction of sp³-hybridized carbons (Fsp3) is 0.158. The number of carbonyl (C=O) groups excluding carboxylic acids is 2. The molecule has 0 spiro atoms. The van der Waals surface area contributed by atoms with E-state index < -0.39 is 0 Å². The van der Waals surface area contributed by atoms with E-state index in [9.17, 15) is 9.59 Å². The van der Waals surface area contributed by atoms with Crippen LogP contribution in [0.3, 0.4) is 0 Å². The van der Waals surface area contributed by atoms with Crippen LogP contribution in [0.2, 0.25) is 10.0 Å². The topological polar surface area (TPSA) is 67.4 Å². The van der Waals surface area contributed by atoms with Crippen molar-refractivity contribution in [1.82, 2.24) is 0 Å². The molecule has 26 heavy (non-hydrogen) atoms. The Hall–Kier alpha value is -2.50. The van der Waals surface area contributed by atoms with Gasteiger partial charge in [-0.15, -0.1) is 0 Å². The smallest absolute Gasteiger partial charge is 0.248 e. The zero-order valence-electron chi connectivity index (χ0n) is 14.3. The van der Waals surface area contributed by atoms with Crippen LogP contribution >= 0.6 is 23.2 Å². The Morgan fingerprint density at radius 2 is 1.81 bits per heavy atom. The van der Waals surface area contributed by atoms with Crippen LogP contribution in [0.1, 0.15) is 18.9 Å². The number of nitrogens with one attached hydrogen (secondary N) is 2. The molecule has 2 amide bonds. The quantitative estimate of drug-likeness (QED) is 0.679. The largest absolute Gasteiger partial charge is 0.495 e. The van der Waals surface area contributed by atoms with Gasteiger partial charge >= 0.3 is 0 Å². The summed E-state index contributed by atoms with van der Waals surface area (Å²) in [6, 6.07) is 10.1. The van der Waals surface area contributed by atoms with Crippen LogP contribution in [0.15, 0.2) is 42.5 Å². The first-order chi connectivity index (χ1) is 12.4. The average Bonchev–Trinajstić information content (AvgIpc) is 2.59. The van der Waals surface area contributed by atoms with E-state index >= 15 is 0 Å². The molecule has 0 aliphatic heterocycles. The van der Waals surface area contributed by atoms with Crippen molar-refractivity contribution in [2.45, 2.75) is 13.3 Å². The number of benzene rings is 2. The van der Waals surface area contributed by atoms with E-state index in [1.54, 1.807) is 49.4 Å². The van der Waals surface area contributed by atoms with E-state index in [0.29, 0.717) is 39.2 Å². The highest BCUT2D eigenvalue weighted by molar-refractivity contribution is 6.36. The number of anilines is 2. The molecule has 2 N–H and O–H groups in total. The van der Waals surface area contributed by atoms with Crippen molar-refractivity contribution in [2.75, 3.05) is 17.7 Å². The van der Waals surface area contributed by atoms with Gasteiger partial charge in [-0.2, -0.15) is 0 Å². The third kappa shape index (κ3) is 5.51. The third-order valence-electron chi connectivity index (χ3n) is 3.39. The second-order valence-electron chi connectivity index (χ2n) is 5.32. The summed E-state index contributed by atoms with van der Waals surface area (Å²) in [6.07, 6.45) is 3.29. The van der Waals surface area contributed by atoms with Gasteiger partial charge in [0.25, 0.3) is 0 Å². The van der Waals surface area contributed by atoms with Crippen LogP contribution in [0.4, 0.5) is 11.4 Å². The minimum atomic E-state index is -0.345. The summed E-state index contributed by atoms with van der Waals surface area (Å²) in [7, 11) is 1.49. The predicted molar refractivity (Wildman–Crippen MR) is 106 cm³/mol. The van der Waals surface area contributed by atoms with Crippen molar-refractivity contribution < 1.29 is 14.3 Å². The van der Waals surface area contributed by atoms with Gasteiger partial charge in [0.2, 0.25) is 11.8 Å². The molecular formula is C19H18Cl2N2O3. The number of ether oxygens (including phenoxy) is 1. The van der Waals surface area contributed by atoms with E-state index in [0.717, 1.165) is 0 Å². The number of hydrogen-bond acceptors (Lipinski definition) is 3. The normalized spacial score (nSPS) is 10.6. The SMILES string of the molecule is CCC(=O)Nc1cccc(NC(=O)C=Cc2cc(Cl)cc(Cl)c2OC)c1. The van der Waals surface area contributed by atoms with Crippen molar-refractivity contribution in [3.63, 3.8) is 0 Å². The zero-order chi connectivity index (χ0) is 19.1. The zero-order valence-corrected chi connectivity index (χ0v) is 15.8. The van der Waals surface area contributed by atoms with Gasteiger partial charge in [-0.05, 0) is 36.4 Å². The first-order valence-corrected chi connectivity index (χ1v) is 8.60. The molecule has 0 radical (unpaired) electrons. The predicted octanol–water partition coefficient (Wildman–Crippen LogP) is 5.00. The molecule has 0 unspecified atom stereocenters. The maximum Gasteiger partial charge on any atom is 0.248 e. The van der Waals surface area contributed by atoms with E-state index in [1.165, 1.54) is 13.2 Å². The molecule has 7 heteroatoms. The number of hydrogen-bond donors (Lipinski definition) is 2. The molecule has 2 aromatic rings. The summed E-state index contributed by atoms with van der Waals surface area (Å²) in [6.45, 7) is 1.77. The number of methoxy groups -OCH3 is 1. The lowest BCUT2D eigenvalue weighted by atomic mass is 10.2. The van der Waals surface area contributed by atoms with Crippen molar-refractivity contribution in [1.29, 1.82) is 0 Å². The molecule has 136 valence electrons. The Morgan fingerprint density at radius 1 is 1.12 bits per heavy atom. The van der Waals surface area contributed by atoms with Crippen LogP contribution in [0, 0.1) is 0 Å². The van der Waals surface area contributed by atoms with E-state index in [1.807, 2.05) is 0 Å². The number of rotatable bonds is 6. The van der Waals surface area contributed by atoms with Gasteiger partial charge in [0.15, 0.2) is 0 Å². The summed E-state index contributed by atoms with van der Waals surface area (Å²) in [5, 5.41) is 6.26. The minimum Gasteiger partial charge on any atom is -0.495 e. The van der Waals surface area contributed by atoms with Crippen molar-refractivity contribution >= 4 is 52.5 Å². The molecule has 2 rings (SSSR count). The fourth-order valence-corrected chi connectivity index (χ4v) is 2.78. The maximum atomic E-state index is 12.2. The summed E-state index contributed by atoms with van der Waals surface area (Å²) >= 11 is 12.1. The van der Waals surface area contributed by atoms with Crippen molar-refractivity contribution in [3.05, 3.63) is 58.1 Å². The molecule has 0 bridgehead atoms. The van der Waals surface area contributed by atoms with Crippen LogP contribution in [-0.2, 0) is 9.59 Å². The van der Waals surface area contributed by atoms with E-state index in [-0.39, 0.29) is 11.8 Å². The molecule has 0 saturated heterocycles. The highest BCUT2D eigenvalue weighted by Crippen LogP contribution is 2.33. The van der Waals surface area contributed by atoms with Crippen LogP contribution in [-0.4, -0.2) is 18.9 Å². The monoisotopic (exact) mass is 392 g/mol. The lowest BCUT2D eigenvalue weighted by Gasteiger charge is -2.08. The summed E-state index contributed by atoms with van der Waals surface area (Å²) in [5.41, 5.74) is 1.76. The first-order valence-electron chi connectivity index (χ1n) is 7.85. The average molecular weight is 393 g/mol. The molecule has 5 nitrogen and oxygen atoms in total. The van der Waals surface area contributed by atoms with Crippen LogP contribution in [0.5, 0.6) is 5.75 Å². The molecule has 0 atom stereocenters.